The fourth-order valence-corrected chi connectivity index (χ4v) is 3.00. The van der Waals surface area contributed by atoms with E-state index in [1.165, 1.54) is 0 Å². The van der Waals surface area contributed by atoms with Crippen molar-refractivity contribution in [3.8, 4) is 0 Å². The van der Waals surface area contributed by atoms with Gasteiger partial charge < -0.3 is 10.3 Å². The van der Waals surface area contributed by atoms with E-state index < -0.39 is 0 Å². The summed E-state index contributed by atoms with van der Waals surface area (Å²) in [4.78, 5) is 8.76. The molecule has 0 aliphatic heterocycles. The first kappa shape index (κ1) is 13.7. The summed E-state index contributed by atoms with van der Waals surface area (Å²) in [5.41, 5.74) is 8.96. The molecule has 2 N–H and O–H groups in total. The van der Waals surface area contributed by atoms with Crippen LogP contribution in [0.3, 0.4) is 0 Å². The van der Waals surface area contributed by atoms with Crippen LogP contribution in [0.2, 0.25) is 0 Å². The average molecular weight is 296 g/mol. The number of anilines is 1. The van der Waals surface area contributed by atoms with Gasteiger partial charge in [-0.1, -0.05) is 36.0 Å². The Kier molecular flexibility index (Phi) is 4.21. The molecule has 2 heterocycles. The SMILES string of the molecule is Nc1ccccc1CSc1nccn1Cc1ccccn1. The van der Waals surface area contributed by atoms with Gasteiger partial charge in [-0.15, -0.1) is 0 Å². The third kappa shape index (κ3) is 3.44. The number of nitrogens with zero attached hydrogens (tertiary/aromatic N) is 3. The van der Waals surface area contributed by atoms with Crippen molar-refractivity contribution in [1.82, 2.24) is 14.5 Å². The Morgan fingerprint density at radius 3 is 2.67 bits per heavy atom. The first-order valence-corrected chi connectivity index (χ1v) is 7.69. The van der Waals surface area contributed by atoms with Gasteiger partial charge in [-0.25, -0.2) is 4.98 Å². The summed E-state index contributed by atoms with van der Waals surface area (Å²) in [5, 5.41) is 0.976. The number of rotatable bonds is 5. The fraction of sp³-hybridized carbons (Fsp3) is 0.125. The molecular weight excluding hydrogens is 280 g/mol. The van der Waals surface area contributed by atoms with Crippen LogP contribution in [0.15, 0.2) is 66.2 Å². The number of hydrogen-bond acceptors (Lipinski definition) is 4. The van der Waals surface area contributed by atoms with Crippen LogP contribution in [0.1, 0.15) is 11.3 Å². The van der Waals surface area contributed by atoms with Crippen LogP contribution < -0.4 is 5.73 Å². The molecule has 21 heavy (non-hydrogen) atoms. The molecule has 106 valence electrons. The topological polar surface area (TPSA) is 56.7 Å². The molecule has 0 saturated carbocycles. The predicted molar refractivity (Wildman–Crippen MR) is 86.0 cm³/mol. The number of para-hydroxylation sites is 1. The minimum atomic E-state index is 0.730. The number of imidazole rings is 1. The molecule has 0 unspecified atom stereocenters. The van der Waals surface area contributed by atoms with Crippen molar-refractivity contribution in [1.29, 1.82) is 0 Å². The van der Waals surface area contributed by atoms with Crippen LogP contribution in [-0.4, -0.2) is 14.5 Å². The predicted octanol–water partition coefficient (Wildman–Crippen LogP) is 3.20. The van der Waals surface area contributed by atoms with E-state index in [4.69, 9.17) is 5.73 Å². The summed E-state index contributed by atoms with van der Waals surface area (Å²) in [6.07, 6.45) is 5.61. The fourth-order valence-electron chi connectivity index (χ4n) is 2.03. The standard InChI is InChI=1S/C16H16N4S/c17-15-7-2-1-5-13(15)12-21-16-19-9-10-20(16)11-14-6-3-4-8-18-14/h1-10H,11-12,17H2. The highest BCUT2D eigenvalue weighted by Gasteiger charge is 2.06. The van der Waals surface area contributed by atoms with Gasteiger partial charge >= 0.3 is 0 Å². The second kappa shape index (κ2) is 6.45. The quantitative estimate of drug-likeness (QED) is 0.580. The van der Waals surface area contributed by atoms with Crippen LogP contribution in [0.4, 0.5) is 5.69 Å². The maximum Gasteiger partial charge on any atom is 0.168 e. The minimum Gasteiger partial charge on any atom is -0.398 e. The number of thioether (sulfide) groups is 1. The highest BCUT2D eigenvalue weighted by atomic mass is 32.2. The zero-order valence-corrected chi connectivity index (χ0v) is 12.3. The third-order valence-electron chi connectivity index (χ3n) is 3.15. The van der Waals surface area contributed by atoms with Gasteiger partial charge in [0.2, 0.25) is 0 Å². The summed E-state index contributed by atoms with van der Waals surface area (Å²) < 4.78 is 2.10. The maximum atomic E-state index is 5.97. The zero-order valence-electron chi connectivity index (χ0n) is 11.5. The van der Waals surface area contributed by atoms with Gasteiger partial charge in [0.25, 0.3) is 0 Å². The van der Waals surface area contributed by atoms with Crippen LogP contribution in [0.25, 0.3) is 0 Å². The Morgan fingerprint density at radius 1 is 1.00 bits per heavy atom. The van der Waals surface area contributed by atoms with Gasteiger partial charge in [-0.2, -0.15) is 0 Å². The van der Waals surface area contributed by atoms with E-state index in [0.717, 1.165) is 34.4 Å². The van der Waals surface area contributed by atoms with Crippen LogP contribution in [-0.2, 0) is 12.3 Å². The molecule has 5 heteroatoms. The monoisotopic (exact) mass is 296 g/mol. The lowest BCUT2D eigenvalue weighted by Gasteiger charge is -2.08. The van der Waals surface area contributed by atoms with E-state index in [1.54, 1.807) is 11.8 Å². The van der Waals surface area contributed by atoms with Crippen molar-refractivity contribution in [2.24, 2.45) is 0 Å². The Labute approximate surface area is 128 Å². The maximum absolute atomic E-state index is 5.97. The van der Waals surface area contributed by atoms with Gasteiger partial charge in [-0.3, -0.25) is 4.98 Å². The summed E-state index contributed by atoms with van der Waals surface area (Å²) >= 11 is 1.68. The van der Waals surface area contributed by atoms with Crippen molar-refractivity contribution >= 4 is 17.4 Å². The molecule has 1 aromatic carbocycles. The van der Waals surface area contributed by atoms with Crippen LogP contribution in [0, 0.1) is 0 Å². The van der Waals surface area contributed by atoms with Crippen molar-refractivity contribution in [2.45, 2.75) is 17.5 Å². The summed E-state index contributed by atoms with van der Waals surface area (Å²) in [7, 11) is 0. The van der Waals surface area contributed by atoms with E-state index in [0.29, 0.717) is 0 Å². The Morgan fingerprint density at radius 2 is 1.86 bits per heavy atom. The molecule has 0 atom stereocenters. The lowest BCUT2D eigenvalue weighted by Crippen LogP contribution is -2.02. The third-order valence-corrected chi connectivity index (χ3v) is 4.20. The molecule has 0 amide bonds. The molecule has 2 aromatic heterocycles. The van der Waals surface area contributed by atoms with Crippen LogP contribution in [0.5, 0.6) is 0 Å². The molecular formula is C16H16N4S. The van der Waals surface area contributed by atoms with Gasteiger partial charge in [0, 0.05) is 30.0 Å². The molecule has 0 fully saturated rings. The number of nitrogen functional groups attached to an aromatic ring is 1. The molecule has 3 rings (SSSR count). The van der Waals surface area contributed by atoms with Crippen molar-refractivity contribution in [2.75, 3.05) is 5.73 Å². The average Bonchev–Trinajstić information content (AvgIpc) is 2.95. The summed E-state index contributed by atoms with van der Waals surface area (Å²) in [6, 6.07) is 13.9. The van der Waals surface area contributed by atoms with Gasteiger partial charge in [0.15, 0.2) is 5.16 Å². The highest BCUT2D eigenvalue weighted by Crippen LogP contribution is 2.24. The molecule has 0 spiro atoms. The number of benzene rings is 1. The normalized spacial score (nSPS) is 10.7. The minimum absolute atomic E-state index is 0.730. The van der Waals surface area contributed by atoms with E-state index in [-0.39, 0.29) is 0 Å². The Balaban J connectivity index is 1.70. The lowest BCUT2D eigenvalue weighted by atomic mass is 10.2. The lowest BCUT2D eigenvalue weighted by molar-refractivity contribution is 0.693. The molecule has 0 bridgehead atoms. The Hall–Kier alpha value is -2.27. The number of nitrogens with two attached hydrogens (primary N) is 1. The second-order valence-electron chi connectivity index (χ2n) is 4.65. The van der Waals surface area contributed by atoms with Crippen LogP contribution >= 0.6 is 11.8 Å². The highest BCUT2D eigenvalue weighted by molar-refractivity contribution is 7.98. The number of aromatic nitrogens is 3. The van der Waals surface area contributed by atoms with E-state index in [9.17, 15) is 0 Å². The molecule has 0 radical (unpaired) electrons. The van der Waals surface area contributed by atoms with Gasteiger partial charge in [-0.05, 0) is 23.8 Å². The number of hydrogen-bond donors (Lipinski definition) is 1. The summed E-state index contributed by atoms with van der Waals surface area (Å²) in [5.74, 6) is 0.811. The molecule has 0 aliphatic rings. The van der Waals surface area contributed by atoms with E-state index in [2.05, 4.69) is 14.5 Å². The first-order valence-electron chi connectivity index (χ1n) is 6.70. The molecule has 0 aliphatic carbocycles. The van der Waals surface area contributed by atoms with E-state index >= 15 is 0 Å². The molecule has 3 aromatic rings. The summed E-state index contributed by atoms with van der Waals surface area (Å²) in [6.45, 7) is 0.730. The largest absolute Gasteiger partial charge is 0.398 e. The molecule has 0 saturated heterocycles. The van der Waals surface area contributed by atoms with Crippen molar-refractivity contribution < 1.29 is 0 Å². The zero-order chi connectivity index (χ0) is 14.5. The van der Waals surface area contributed by atoms with Crippen molar-refractivity contribution in [3.63, 3.8) is 0 Å². The van der Waals surface area contributed by atoms with Gasteiger partial charge in [0.05, 0.1) is 12.2 Å². The molecule has 4 nitrogen and oxygen atoms in total. The Bertz CT molecular complexity index is 709. The first-order chi connectivity index (χ1) is 10.3. The second-order valence-corrected chi connectivity index (χ2v) is 5.59. The van der Waals surface area contributed by atoms with Crippen molar-refractivity contribution in [3.05, 3.63) is 72.3 Å². The van der Waals surface area contributed by atoms with Gasteiger partial charge in [0.1, 0.15) is 0 Å². The number of pyridine rings is 1. The van der Waals surface area contributed by atoms with E-state index in [1.807, 2.05) is 61.1 Å². The smallest absolute Gasteiger partial charge is 0.168 e.